The molecule has 1 saturated heterocycles. The SMILES string of the molecule is COC(=O)N1c2ccc(C(CN)CNC3CC3)cc2N(C(=O)OC2COC2)C[C@@H]1C. The predicted octanol–water partition coefficient (Wildman–Crippen LogP) is 1.80. The normalized spacial score (nSPS) is 22.2. The fourth-order valence-corrected chi connectivity index (χ4v) is 3.87. The Morgan fingerprint density at radius 1 is 1.27 bits per heavy atom. The van der Waals surface area contributed by atoms with Gasteiger partial charge in [-0.2, -0.15) is 0 Å². The molecular weight excluding hydrogens is 388 g/mol. The summed E-state index contributed by atoms with van der Waals surface area (Å²) >= 11 is 0. The first-order chi connectivity index (χ1) is 14.5. The first-order valence-electron chi connectivity index (χ1n) is 10.5. The number of amides is 2. The van der Waals surface area contributed by atoms with Gasteiger partial charge in [0.1, 0.15) is 0 Å². The Bertz CT molecular complexity index is 796. The monoisotopic (exact) mass is 418 g/mol. The lowest BCUT2D eigenvalue weighted by Gasteiger charge is -2.41. The van der Waals surface area contributed by atoms with Crippen LogP contribution >= 0.6 is 0 Å². The largest absolute Gasteiger partial charge is 0.452 e. The van der Waals surface area contributed by atoms with E-state index in [1.165, 1.54) is 20.0 Å². The maximum atomic E-state index is 12.9. The summed E-state index contributed by atoms with van der Waals surface area (Å²) < 4.78 is 15.6. The molecule has 0 radical (unpaired) electrons. The van der Waals surface area contributed by atoms with Crippen molar-refractivity contribution in [2.24, 2.45) is 5.73 Å². The Morgan fingerprint density at radius 2 is 2.03 bits per heavy atom. The van der Waals surface area contributed by atoms with Crippen molar-refractivity contribution in [1.29, 1.82) is 0 Å². The minimum atomic E-state index is -0.456. The Morgan fingerprint density at radius 3 is 2.63 bits per heavy atom. The number of fused-ring (bicyclic) bond motifs is 1. The van der Waals surface area contributed by atoms with Gasteiger partial charge in [0.25, 0.3) is 0 Å². The molecule has 164 valence electrons. The fraction of sp³-hybridized carbons (Fsp3) is 0.619. The van der Waals surface area contributed by atoms with Crippen molar-refractivity contribution in [3.63, 3.8) is 0 Å². The van der Waals surface area contributed by atoms with E-state index in [1.807, 2.05) is 25.1 Å². The lowest BCUT2D eigenvalue weighted by Crippen LogP contribution is -2.53. The van der Waals surface area contributed by atoms with Gasteiger partial charge < -0.3 is 25.3 Å². The van der Waals surface area contributed by atoms with Crippen molar-refractivity contribution >= 4 is 23.6 Å². The molecule has 4 rings (SSSR count). The van der Waals surface area contributed by atoms with Crippen LogP contribution in [0.2, 0.25) is 0 Å². The average molecular weight is 418 g/mol. The van der Waals surface area contributed by atoms with E-state index < -0.39 is 12.2 Å². The number of hydrogen-bond donors (Lipinski definition) is 2. The van der Waals surface area contributed by atoms with Crippen LogP contribution in [0.25, 0.3) is 0 Å². The summed E-state index contributed by atoms with van der Waals surface area (Å²) in [7, 11) is 1.36. The van der Waals surface area contributed by atoms with Gasteiger partial charge in [0.15, 0.2) is 6.10 Å². The molecule has 2 amide bonds. The van der Waals surface area contributed by atoms with E-state index in [9.17, 15) is 9.59 Å². The third kappa shape index (κ3) is 4.23. The highest BCUT2D eigenvalue weighted by Crippen LogP contribution is 2.38. The number of nitrogens with zero attached hydrogens (tertiary/aromatic N) is 2. The van der Waals surface area contributed by atoms with Crippen LogP contribution in [0, 0.1) is 0 Å². The first kappa shape index (κ1) is 20.9. The van der Waals surface area contributed by atoms with E-state index >= 15 is 0 Å². The van der Waals surface area contributed by atoms with Gasteiger partial charge in [-0.3, -0.25) is 9.80 Å². The summed E-state index contributed by atoms with van der Waals surface area (Å²) in [5.74, 6) is 0.111. The molecule has 30 heavy (non-hydrogen) atoms. The van der Waals surface area contributed by atoms with Crippen LogP contribution in [0.1, 0.15) is 31.2 Å². The first-order valence-corrected chi connectivity index (χ1v) is 10.5. The van der Waals surface area contributed by atoms with Crippen molar-refractivity contribution in [2.75, 3.05) is 49.8 Å². The number of hydrogen-bond acceptors (Lipinski definition) is 7. The maximum Gasteiger partial charge on any atom is 0.414 e. The van der Waals surface area contributed by atoms with Crippen LogP contribution in [0.15, 0.2) is 18.2 Å². The summed E-state index contributed by atoms with van der Waals surface area (Å²) in [6.07, 6.45) is 1.30. The second kappa shape index (κ2) is 8.79. The van der Waals surface area contributed by atoms with Gasteiger partial charge in [-0.15, -0.1) is 0 Å². The van der Waals surface area contributed by atoms with Crippen LogP contribution < -0.4 is 20.9 Å². The second-order valence-electron chi connectivity index (χ2n) is 8.21. The van der Waals surface area contributed by atoms with Gasteiger partial charge in [-0.05, 0) is 37.5 Å². The van der Waals surface area contributed by atoms with Gasteiger partial charge in [-0.1, -0.05) is 6.07 Å². The van der Waals surface area contributed by atoms with Crippen molar-refractivity contribution < 1.29 is 23.8 Å². The number of carbonyl (C=O) groups excluding carboxylic acids is 2. The third-order valence-corrected chi connectivity index (χ3v) is 5.89. The summed E-state index contributed by atoms with van der Waals surface area (Å²) in [5, 5.41) is 3.52. The molecular formula is C21H30N4O5. The lowest BCUT2D eigenvalue weighted by molar-refractivity contribution is -0.0965. The van der Waals surface area contributed by atoms with Gasteiger partial charge in [0.05, 0.1) is 44.3 Å². The molecule has 1 aromatic carbocycles. The van der Waals surface area contributed by atoms with Crippen LogP contribution in [-0.4, -0.2) is 70.3 Å². The predicted molar refractivity (Wildman–Crippen MR) is 112 cm³/mol. The number of ether oxygens (including phenoxy) is 3. The zero-order valence-electron chi connectivity index (χ0n) is 17.5. The molecule has 9 heteroatoms. The molecule has 9 nitrogen and oxygen atoms in total. The van der Waals surface area contributed by atoms with Gasteiger partial charge >= 0.3 is 12.2 Å². The van der Waals surface area contributed by atoms with Crippen molar-refractivity contribution in [3.05, 3.63) is 23.8 Å². The Kier molecular flexibility index (Phi) is 6.12. The topological polar surface area (TPSA) is 106 Å². The molecule has 0 bridgehead atoms. The second-order valence-corrected chi connectivity index (χ2v) is 8.21. The van der Waals surface area contributed by atoms with Crippen LogP contribution in [0.3, 0.4) is 0 Å². The van der Waals surface area contributed by atoms with Crippen molar-refractivity contribution in [2.45, 2.75) is 43.9 Å². The molecule has 0 aromatic heterocycles. The summed E-state index contributed by atoms with van der Waals surface area (Å²) in [6.45, 7) is 4.28. The third-order valence-electron chi connectivity index (χ3n) is 5.89. The van der Waals surface area contributed by atoms with Crippen LogP contribution in [0.4, 0.5) is 21.0 Å². The van der Waals surface area contributed by atoms with E-state index in [0.29, 0.717) is 43.7 Å². The Hall–Kier alpha value is -2.36. The molecule has 1 saturated carbocycles. The zero-order valence-corrected chi connectivity index (χ0v) is 17.5. The highest BCUT2D eigenvalue weighted by molar-refractivity contribution is 6.01. The van der Waals surface area contributed by atoms with Crippen molar-refractivity contribution in [3.8, 4) is 0 Å². The molecule has 2 aliphatic heterocycles. The molecule has 2 atom stereocenters. The number of anilines is 2. The smallest absolute Gasteiger partial charge is 0.414 e. The maximum absolute atomic E-state index is 12.9. The number of rotatable bonds is 6. The highest BCUT2D eigenvalue weighted by atomic mass is 16.6. The lowest BCUT2D eigenvalue weighted by atomic mass is 9.96. The van der Waals surface area contributed by atoms with Crippen LogP contribution in [0.5, 0.6) is 0 Å². The molecule has 3 aliphatic rings. The average Bonchev–Trinajstić information content (AvgIpc) is 3.54. The molecule has 2 heterocycles. The van der Waals surface area contributed by atoms with E-state index in [2.05, 4.69) is 5.32 Å². The summed E-state index contributed by atoms with van der Waals surface area (Å²) in [6, 6.07) is 6.11. The number of carbonyl (C=O) groups is 2. The number of nitrogens with one attached hydrogen (secondary N) is 1. The molecule has 1 aliphatic carbocycles. The Labute approximate surface area is 176 Å². The number of nitrogens with two attached hydrogens (primary N) is 1. The summed E-state index contributed by atoms with van der Waals surface area (Å²) in [4.78, 5) is 28.5. The van der Waals surface area contributed by atoms with E-state index in [1.54, 1.807) is 9.80 Å². The van der Waals surface area contributed by atoms with Gasteiger partial charge in [0.2, 0.25) is 0 Å². The van der Waals surface area contributed by atoms with E-state index in [4.69, 9.17) is 19.9 Å². The van der Waals surface area contributed by atoms with E-state index in [-0.39, 0.29) is 18.1 Å². The number of benzene rings is 1. The minimum Gasteiger partial charge on any atom is -0.452 e. The molecule has 2 fully saturated rings. The standard InChI is InChI=1S/C21H30N4O5/c1-13-10-24(20(26)30-17-11-29-12-17)19-7-14(15(8-22)9-23-16-4-5-16)3-6-18(19)25(13)21(27)28-2/h3,6-7,13,15-17,23H,4-5,8-12,22H2,1-2H3/t13-,15?/m0/s1. The van der Waals surface area contributed by atoms with Crippen molar-refractivity contribution in [1.82, 2.24) is 5.32 Å². The fourth-order valence-electron chi connectivity index (χ4n) is 3.87. The molecule has 3 N–H and O–H groups in total. The minimum absolute atomic E-state index is 0.111. The quantitative estimate of drug-likeness (QED) is 0.725. The molecule has 1 aromatic rings. The number of methoxy groups -OCH3 is 1. The summed E-state index contributed by atoms with van der Waals surface area (Å²) in [5.41, 5.74) is 8.32. The highest BCUT2D eigenvalue weighted by Gasteiger charge is 2.38. The van der Waals surface area contributed by atoms with Crippen LogP contribution in [-0.2, 0) is 14.2 Å². The van der Waals surface area contributed by atoms with E-state index in [0.717, 1.165) is 12.1 Å². The Balaban J connectivity index is 1.64. The molecule has 0 spiro atoms. The molecule has 1 unspecified atom stereocenters. The van der Waals surface area contributed by atoms with Gasteiger partial charge in [0, 0.05) is 25.0 Å². The van der Waals surface area contributed by atoms with Gasteiger partial charge in [-0.25, -0.2) is 9.59 Å². The zero-order chi connectivity index (χ0) is 21.3.